The Morgan fingerprint density at radius 2 is 1.96 bits per heavy atom. The summed E-state index contributed by atoms with van der Waals surface area (Å²) in [5, 5.41) is 0.259. The summed E-state index contributed by atoms with van der Waals surface area (Å²) in [7, 11) is -3.38. The number of hydrogen-bond donors (Lipinski definition) is 0. The van der Waals surface area contributed by atoms with Crippen LogP contribution in [0.15, 0.2) is 47.4 Å². The van der Waals surface area contributed by atoms with Crippen molar-refractivity contribution in [1.29, 1.82) is 0 Å². The van der Waals surface area contributed by atoms with Gasteiger partial charge in [0.25, 0.3) is 5.91 Å². The van der Waals surface area contributed by atoms with Crippen LogP contribution in [0.2, 0.25) is 5.02 Å². The summed E-state index contributed by atoms with van der Waals surface area (Å²) >= 11 is 6.15. The second kappa shape index (κ2) is 5.98. The summed E-state index contributed by atoms with van der Waals surface area (Å²) in [5.74, 6) is -0.289. The van der Waals surface area contributed by atoms with Crippen LogP contribution in [-0.2, 0) is 16.3 Å². The number of halogens is 1. The normalized spacial score (nSPS) is 13.9. The van der Waals surface area contributed by atoms with Crippen LogP contribution < -0.4 is 4.90 Å². The van der Waals surface area contributed by atoms with Crippen LogP contribution in [0, 0.1) is 0 Å². The Bertz CT molecular complexity index is 877. The van der Waals surface area contributed by atoms with Crippen molar-refractivity contribution in [3.63, 3.8) is 0 Å². The fourth-order valence-corrected chi connectivity index (χ4v) is 3.83. The number of nitrogens with zero attached hydrogens (tertiary/aromatic N) is 1. The fraction of sp³-hybridized carbons (Fsp3) is 0.235. The first-order valence-electron chi connectivity index (χ1n) is 7.36. The molecule has 0 aromatic heterocycles. The van der Waals surface area contributed by atoms with Crippen LogP contribution in [-0.4, -0.2) is 26.6 Å². The molecule has 1 aliphatic heterocycles. The predicted molar refractivity (Wildman–Crippen MR) is 91.0 cm³/mol. The molecular formula is C17H16ClNO3S. The molecule has 120 valence electrons. The van der Waals surface area contributed by atoms with Crippen LogP contribution >= 0.6 is 11.6 Å². The van der Waals surface area contributed by atoms with Gasteiger partial charge >= 0.3 is 0 Å². The van der Waals surface area contributed by atoms with Gasteiger partial charge in [-0.25, -0.2) is 8.42 Å². The number of hydrogen-bond acceptors (Lipinski definition) is 3. The van der Waals surface area contributed by atoms with Crippen LogP contribution in [0.5, 0.6) is 0 Å². The maximum atomic E-state index is 12.8. The van der Waals surface area contributed by atoms with E-state index >= 15 is 0 Å². The molecule has 2 aromatic carbocycles. The second-order valence-corrected chi connectivity index (χ2v) is 8.07. The molecule has 0 aliphatic carbocycles. The molecule has 1 aliphatic rings. The van der Waals surface area contributed by atoms with Crippen molar-refractivity contribution in [2.45, 2.75) is 18.2 Å². The third-order valence-corrected chi connectivity index (χ3v) is 6.10. The summed E-state index contributed by atoms with van der Waals surface area (Å²) in [6.07, 6.45) is 0.784. The highest BCUT2D eigenvalue weighted by Gasteiger charge is 2.27. The molecular weight excluding hydrogens is 334 g/mol. The molecule has 0 spiro atoms. The number of fused-ring (bicyclic) bond motifs is 1. The minimum Gasteiger partial charge on any atom is -0.308 e. The van der Waals surface area contributed by atoms with E-state index in [-0.39, 0.29) is 27.1 Å². The first kappa shape index (κ1) is 16.0. The highest BCUT2D eigenvalue weighted by atomic mass is 35.5. The summed E-state index contributed by atoms with van der Waals surface area (Å²) in [4.78, 5) is 14.6. The van der Waals surface area contributed by atoms with E-state index in [1.54, 1.807) is 11.8 Å². The van der Waals surface area contributed by atoms with E-state index in [1.807, 2.05) is 24.3 Å². The van der Waals surface area contributed by atoms with Crippen molar-refractivity contribution < 1.29 is 13.2 Å². The number of carbonyl (C=O) groups excluding carboxylic acids is 1. The standard InChI is InChI=1S/C17H16ClNO3S/c1-2-23(21,22)13-7-8-15(18)14(11-13)17(20)19-10-9-12-5-3-4-6-16(12)19/h3-8,11H,2,9-10H2,1H3. The lowest BCUT2D eigenvalue weighted by Gasteiger charge is -2.18. The van der Waals surface area contributed by atoms with Crippen molar-refractivity contribution in [3.8, 4) is 0 Å². The monoisotopic (exact) mass is 349 g/mol. The van der Waals surface area contributed by atoms with E-state index in [4.69, 9.17) is 11.6 Å². The van der Waals surface area contributed by atoms with Gasteiger partial charge in [-0.1, -0.05) is 36.7 Å². The van der Waals surface area contributed by atoms with Gasteiger partial charge in [-0.3, -0.25) is 4.79 Å². The molecule has 0 fully saturated rings. The third-order valence-electron chi connectivity index (χ3n) is 4.04. The molecule has 0 radical (unpaired) electrons. The van der Waals surface area contributed by atoms with E-state index in [1.165, 1.54) is 18.2 Å². The fourth-order valence-electron chi connectivity index (χ4n) is 2.72. The Balaban J connectivity index is 2.03. The van der Waals surface area contributed by atoms with Crippen LogP contribution in [0.4, 0.5) is 5.69 Å². The third kappa shape index (κ3) is 2.86. The van der Waals surface area contributed by atoms with Crippen LogP contribution in [0.3, 0.4) is 0 Å². The largest absolute Gasteiger partial charge is 0.308 e. The molecule has 0 atom stereocenters. The summed E-state index contributed by atoms with van der Waals surface area (Å²) < 4.78 is 24.1. The minimum atomic E-state index is -3.38. The molecule has 4 nitrogen and oxygen atoms in total. The number of anilines is 1. The topological polar surface area (TPSA) is 54.5 Å². The quantitative estimate of drug-likeness (QED) is 0.854. The van der Waals surface area contributed by atoms with Crippen molar-refractivity contribution in [1.82, 2.24) is 0 Å². The summed E-state index contributed by atoms with van der Waals surface area (Å²) in [6.45, 7) is 2.14. The molecule has 3 rings (SSSR count). The highest BCUT2D eigenvalue weighted by molar-refractivity contribution is 7.91. The number of benzene rings is 2. The van der Waals surface area contributed by atoms with E-state index in [0.29, 0.717) is 6.54 Å². The van der Waals surface area contributed by atoms with Gasteiger partial charge in [0, 0.05) is 12.2 Å². The number of sulfone groups is 1. The molecule has 1 amide bonds. The maximum absolute atomic E-state index is 12.8. The second-order valence-electron chi connectivity index (χ2n) is 5.38. The average Bonchev–Trinajstić information content (AvgIpc) is 2.98. The van der Waals surface area contributed by atoms with Gasteiger partial charge in [-0.15, -0.1) is 0 Å². The number of amides is 1. The minimum absolute atomic E-state index is 0.0190. The number of rotatable bonds is 3. The molecule has 1 heterocycles. The number of carbonyl (C=O) groups is 1. The predicted octanol–water partition coefficient (Wildman–Crippen LogP) is 3.34. The van der Waals surface area contributed by atoms with Gasteiger partial charge in [0.15, 0.2) is 9.84 Å². The van der Waals surface area contributed by atoms with E-state index in [2.05, 4.69) is 0 Å². The molecule has 23 heavy (non-hydrogen) atoms. The smallest absolute Gasteiger partial charge is 0.259 e. The first-order chi connectivity index (χ1) is 10.9. The van der Waals surface area contributed by atoms with E-state index in [0.717, 1.165) is 17.7 Å². The molecule has 0 saturated carbocycles. The van der Waals surface area contributed by atoms with Gasteiger partial charge in [-0.2, -0.15) is 0 Å². The van der Waals surface area contributed by atoms with Gasteiger partial charge in [0.2, 0.25) is 0 Å². The number of para-hydroxylation sites is 1. The van der Waals surface area contributed by atoms with Crippen molar-refractivity contribution in [3.05, 3.63) is 58.6 Å². The molecule has 6 heteroatoms. The zero-order valence-corrected chi connectivity index (χ0v) is 14.2. The van der Waals surface area contributed by atoms with E-state index < -0.39 is 9.84 Å². The van der Waals surface area contributed by atoms with Crippen molar-refractivity contribution >= 4 is 33.0 Å². The molecule has 0 unspecified atom stereocenters. The molecule has 0 N–H and O–H groups in total. The Kier molecular flexibility index (Phi) is 4.17. The Hall–Kier alpha value is -1.85. The van der Waals surface area contributed by atoms with Gasteiger partial charge < -0.3 is 4.90 Å². The highest BCUT2D eigenvalue weighted by Crippen LogP contribution is 2.31. The van der Waals surface area contributed by atoms with Crippen LogP contribution in [0.25, 0.3) is 0 Å². The van der Waals surface area contributed by atoms with Crippen molar-refractivity contribution in [2.75, 3.05) is 17.2 Å². The lowest BCUT2D eigenvalue weighted by molar-refractivity contribution is 0.0989. The first-order valence-corrected chi connectivity index (χ1v) is 9.39. The van der Waals surface area contributed by atoms with Crippen molar-refractivity contribution in [2.24, 2.45) is 0 Å². The molecule has 2 aromatic rings. The Morgan fingerprint density at radius 3 is 2.70 bits per heavy atom. The van der Waals surface area contributed by atoms with Gasteiger partial charge in [0.05, 0.1) is 21.2 Å². The van der Waals surface area contributed by atoms with Gasteiger partial charge in [-0.05, 0) is 36.2 Å². The van der Waals surface area contributed by atoms with E-state index in [9.17, 15) is 13.2 Å². The van der Waals surface area contributed by atoms with Crippen LogP contribution in [0.1, 0.15) is 22.8 Å². The zero-order chi connectivity index (χ0) is 16.6. The maximum Gasteiger partial charge on any atom is 0.259 e. The molecule has 0 saturated heterocycles. The summed E-state index contributed by atoms with van der Waals surface area (Å²) in [6, 6.07) is 12.0. The Labute approximate surface area is 140 Å². The average molecular weight is 350 g/mol. The SMILES string of the molecule is CCS(=O)(=O)c1ccc(Cl)c(C(=O)N2CCc3ccccc32)c1. The Morgan fingerprint density at radius 1 is 1.22 bits per heavy atom. The molecule has 0 bridgehead atoms. The van der Waals surface area contributed by atoms with Gasteiger partial charge in [0.1, 0.15) is 0 Å². The lowest BCUT2D eigenvalue weighted by atomic mass is 10.1. The summed E-state index contributed by atoms with van der Waals surface area (Å²) in [5.41, 5.74) is 2.18. The zero-order valence-electron chi connectivity index (χ0n) is 12.6. The lowest BCUT2D eigenvalue weighted by Crippen LogP contribution is -2.29.